The average Bonchev–Trinajstić information content (AvgIpc) is 3.25. The standard InChI is InChI=1S/C44H59FN10O5/c45-36-25-34(49-37-11-13-41(57)51-44(37)60)10-12-39(36)54-23-21-52(22-24-54)17-6-2-1-3-9-42(58)55-19-15-33(16-20-55)50-40-26-38(47-30-48-40)43(59)46-27-35(56)29-53-18-14-31-7-4-5-8-32(31)28-53/h4-5,7-8,10,12,25-26,30,33,35,37,49,56H,1-3,6,9,11,13-24,27-29H2,(H,46,59)(H,47,48,50)(H,51,57,60)/t35-,37?/m0/s1. The molecule has 60 heavy (non-hydrogen) atoms. The fraction of sp³-hybridized carbons (Fsp3) is 0.545. The zero-order valence-electron chi connectivity index (χ0n) is 34.4. The first kappa shape index (κ1) is 42.9. The normalized spacial score (nSPS) is 19.7. The Kier molecular flexibility index (Phi) is 14.9. The van der Waals surface area contributed by atoms with E-state index in [1.54, 1.807) is 18.2 Å². The molecule has 4 aliphatic heterocycles. The Labute approximate surface area is 351 Å². The molecule has 16 heteroatoms. The minimum atomic E-state index is -0.696. The number of nitrogens with zero attached hydrogens (tertiary/aromatic N) is 6. The summed E-state index contributed by atoms with van der Waals surface area (Å²) < 4.78 is 15.1. The lowest BCUT2D eigenvalue weighted by atomic mass is 10.00. The Morgan fingerprint density at radius 1 is 0.850 bits per heavy atom. The lowest BCUT2D eigenvalue weighted by Gasteiger charge is -2.36. The van der Waals surface area contributed by atoms with Crippen molar-refractivity contribution < 1.29 is 28.7 Å². The summed E-state index contributed by atoms with van der Waals surface area (Å²) >= 11 is 0. The number of hydrogen-bond acceptors (Lipinski definition) is 12. The molecule has 5 heterocycles. The van der Waals surface area contributed by atoms with Gasteiger partial charge in [-0.2, -0.15) is 0 Å². The van der Waals surface area contributed by atoms with Crippen molar-refractivity contribution in [1.82, 2.24) is 35.3 Å². The second-order valence-electron chi connectivity index (χ2n) is 16.5. The lowest BCUT2D eigenvalue weighted by Crippen LogP contribution is -2.47. The average molecular weight is 827 g/mol. The Bertz CT molecular complexity index is 1950. The SMILES string of the molecule is O=C1CCC(Nc2ccc(N3CCN(CCCCCCC(=O)N4CCC(Nc5cc(C(=O)NC[C@H](O)CN6CCc7ccccc7C6)ncn5)CC4)CC3)c(F)c2)C(=O)N1. The molecule has 5 N–H and O–H groups in total. The summed E-state index contributed by atoms with van der Waals surface area (Å²) in [5, 5.41) is 22.2. The van der Waals surface area contributed by atoms with Gasteiger partial charge in [0.15, 0.2) is 0 Å². The predicted molar refractivity (Wildman–Crippen MR) is 227 cm³/mol. The van der Waals surface area contributed by atoms with Crippen LogP contribution in [-0.4, -0.2) is 137 Å². The molecule has 3 aromatic rings. The fourth-order valence-electron chi connectivity index (χ4n) is 8.64. The Balaban J connectivity index is 0.723. The number of hydrogen-bond donors (Lipinski definition) is 5. The number of amides is 4. The van der Waals surface area contributed by atoms with Crippen molar-refractivity contribution in [3.8, 4) is 0 Å². The van der Waals surface area contributed by atoms with E-state index in [9.17, 15) is 24.3 Å². The number of β-amino-alcohol motifs (C(OH)–C–C–N with tert-alkyl or cyclic N) is 1. The number of anilines is 3. The van der Waals surface area contributed by atoms with E-state index in [0.29, 0.717) is 49.7 Å². The van der Waals surface area contributed by atoms with Crippen LogP contribution >= 0.6 is 0 Å². The number of piperidine rings is 2. The number of rotatable bonds is 17. The molecule has 7 rings (SSSR count). The Hall–Kier alpha value is -5.19. The molecule has 0 radical (unpaired) electrons. The van der Waals surface area contributed by atoms with Crippen LogP contribution < -0.4 is 26.2 Å². The topological polar surface area (TPSA) is 175 Å². The number of benzene rings is 2. The maximum atomic E-state index is 15.1. The minimum Gasteiger partial charge on any atom is -0.390 e. The first-order valence-electron chi connectivity index (χ1n) is 21.7. The summed E-state index contributed by atoms with van der Waals surface area (Å²) in [6.45, 7) is 7.79. The Morgan fingerprint density at radius 3 is 2.42 bits per heavy atom. The number of halogens is 1. The van der Waals surface area contributed by atoms with Crippen molar-refractivity contribution in [3.05, 3.63) is 77.5 Å². The number of imide groups is 1. The van der Waals surface area contributed by atoms with Crippen molar-refractivity contribution >= 4 is 40.8 Å². The van der Waals surface area contributed by atoms with Gasteiger partial charge >= 0.3 is 0 Å². The van der Waals surface area contributed by atoms with Gasteiger partial charge in [-0.1, -0.05) is 37.1 Å². The van der Waals surface area contributed by atoms with Crippen LogP contribution in [0.5, 0.6) is 0 Å². The molecule has 15 nitrogen and oxygen atoms in total. The molecule has 4 aliphatic rings. The van der Waals surface area contributed by atoms with Gasteiger partial charge in [0.05, 0.1) is 11.8 Å². The third-order valence-corrected chi connectivity index (χ3v) is 12.1. The molecule has 322 valence electrons. The highest BCUT2D eigenvalue weighted by atomic mass is 19.1. The summed E-state index contributed by atoms with van der Waals surface area (Å²) in [5.74, 6) is -0.590. The molecule has 1 unspecified atom stereocenters. The number of aromatic nitrogens is 2. The van der Waals surface area contributed by atoms with Crippen LogP contribution in [0.25, 0.3) is 0 Å². The van der Waals surface area contributed by atoms with Crippen molar-refractivity contribution in [2.75, 3.05) is 81.0 Å². The molecule has 1 aromatic heterocycles. The lowest BCUT2D eigenvalue weighted by molar-refractivity contribution is -0.134. The molecule has 0 saturated carbocycles. The van der Waals surface area contributed by atoms with Gasteiger partial charge in [0.2, 0.25) is 17.7 Å². The second kappa shape index (κ2) is 20.9. The number of carbonyl (C=O) groups excluding carboxylic acids is 4. The molecular weight excluding hydrogens is 768 g/mol. The second-order valence-corrected chi connectivity index (χ2v) is 16.5. The third-order valence-electron chi connectivity index (χ3n) is 12.1. The summed E-state index contributed by atoms with van der Waals surface area (Å²) in [6, 6.07) is 14.5. The quantitative estimate of drug-likeness (QED) is 0.0996. The number of aliphatic hydroxyl groups is 1. The highest BCUT2D eigenvalue weighted by Gasteiger charge is 2.28. The van der Waals surface area contributed by atoms with Crippen molar-refractivity contribution in [2.45, 2.75) is 88.9 Å². The first-order valence-corrected chi connectivity index (χ1v) is 21.7. The summed E-state index contributed by atoms with van der Waals surface area (Å²) in [5.41, 5.74) is 3.95. The summed E-state index contributed by atoms with van der Waals surface area (Å²) in [6.07, 6.45) is 8.39. The zero-order valence-corrected chi connectivity index (χ0v) is 34.4. The number of aliphatic hydroxyl groups excluding tert-OH is 1. The van der Waals surface area contributed by atoms with E-state index in [2.05, 4.69) is 64.1 Å². The summed E-state index contributed by atoms with van der Waals surface area (Å²) in [7, 11) is 0. The largest absolute Gasteiger partial charge is 0.390 e. The van der Waals surface area contributed by atoms with Gasteiger partial charge in [0.1, 0.15) is 29.7 Å². The number of likely N-dealkylation sites (tertiary alicyclic amines) is 1. The molecule has 3 saturated heterocycles. The number of nitrogens with one attached hydrogen (secondary N) is 4. The minimum absolute atomic E-state index is 0.131. The van der Waals surface area contributed by atoms with Crippen molar-refractivity contribution in [3.63, 3.8) is 0 Å². The van der Waals surface area contributed by atoms with Gasteiger partial charge < -0.3 is 30.9 Å². The van der Waals surface area contributed by atoms with Crippen LogP contribution in [0.4, 0.5) is 21.6 Å². The summed E-state index contributed by atoms with van der Waals surface area (Å²) in [4.78, 5) is 66.4. The van der Waals surface area contributed by atoms with Crippen LogP contribution in [0.15, 0.2) is 54.9 Å². The number of carbonyl (C=O) groups is 4. The van der Waals surface area contributed by atoms with E-state index in [0.717, 1.165) is 90.8 Å². The van der Waals surface area contributed by atoms with E-state index < -0.39 is 12.1 Å². The van der Waals surface area contributed by atoms with Gasteiger partial charge in [-0.05, 0) is 74.4 Å². The molecule has 4 amide bonds. The van der Waals surface area contributed by atoms with E-state index in [4.69, 9.17) is 0 Å². The monoisotopic (exact) mass is 826 g/mol. The number of unbranched alkanes of at least 4 members (excludes halogenated alkanes) is 3. The molecule has 0 spiro atoms. The maximum absolute atomic E-state index is 15.1. The number of piperazine rings is 1. The first-order chi connectivity index (χ1) is 29.2. The molecule has 2 aromatic carbocycles. The highest BCUT2D eigenvalue weighted by molar-refractivity contribution is 6.01. The molecule has 0 aliphatic carbocycles. The van der Waals surface area contributed by atoms with Gasteiger partial charge in [0.25, 0.3) is 5.91 Å². The Morgan fingerprint density at radius 2 is 1.63 bits per heavy atom. The predicted octanol–water partition coefficient (Wildman–Crippen LogP) is 3.16. The van der Waals surface area contributed by atoms with E-state index in [-0.39, 0.29) is 54.1 Å². The van der Waals surface area contributed by atoms with Crippen LogP contribution in [0.2, 0.25) is 0 Å². The van der Waals surface area contributed by atoms with E-state index >= 15 is 4.39 Å². The maximum Gasteiger partial charge on any atom is 0.270 e. The number of fused-ring (bicyclic) bond motifs is 1. The van der Waals surface area contributed by atoms with Crippen LogP contribution in [-0.2, 0) is 27.3 Å². The van der Waals surface area contributed by atoms with Crippen LogP contribution in [0, 0.1) is 5.82 Å². The highest BCUT2D eigenvalue weighted by Crippen LogP contribution is 2.26. The van der Waals surface area contributed by atoms with Gasteiger partial charge in [-0.3, -0.25) is 34.3 Å². The van der Waals surface area contributed by atoms with Gasteiger partial charge in [0, 0.05) is 96.1 Å². The van der Waals surface area contributed by atoms with Crippen LogP contribution in [0.1, 0.15) is 79.4 Å². The van der Waals surface area contributed by atoms with Crippen molar-refractivity contribution in [1.29, 1.82) is 0 Å². The van der Waals surface area contributed by atoms with E-state index in [1.165, 1.54) is 23.5 Å². The van der Waals surface area contributed by atoms with Crippen LogP contribution in [0.3, 0.4) is 0 Å². The molecule has 0 bridgehead atoms. The molecular formula is C44H59FN10O5. The van der Waals surface area contributed by atoms with Crippen molar-refractivity contribution in [2.24, 2.45) is 0 Å². The zero-order chi connectivity index (χ0) is 41.8. The third kappa shape index (κ3) is 12.0. The fourth-order valence-corrected chi connectivity index (χ4v) is 8.64. The molecule has 2 atom stereocenters. The smallest absolute Gasteiger partial charge is 0.270 e. The molecule has 3 fully saturated rings. The van der Waals surface area contributed by atoms with Gasteiger partial charge in [-0.15, -0.1) is 0 Å². The van der Waals surface area contributed by atoms with E-state index in [1.807, 2.05) is 11.0 Å². The van der Waals surface area contributed by atoms with Gasteiger partial charge in [-0.25, -0.2) is 14.4 Å².